The zero-order valence-electron chi connectivity index (χ0n) is 14.4. The number of benzene rings is 1. The van der Waals surface area contributed by atoms with Gasteiger partial charge in [-0.2, -0.15) is 13.2 Å². The molecule has 9 heteroatoms. The van der Waals surface area contributed by atoms with Crippen LogP contribution < -0.4 is 4.90 Å². The molecule has 3 rings (SSSR count). The maximum Gasteiger partial charge on any atom is 0.451 e. The van der Waals surface area contributed by atoms with Crippen molar-refractivity contribution in [3.8, 4) is 11.3 Å². The molecule has 0 aliphatic carbocycles. The van der Waals surface area contributed by atoms with Gasteiger partial charge in [0.05, 0.1) is 5.69 Å². The molecule has 0 unspecified atom stereocenters. The lowest BCUT2D eigenvalue weighted by Gasteiger charge is -2.16. The Labute approximate surface area is 152 Å². The number of hydrogen-bond acceptors (Lipinski definition) is 5. The van der Waals surface area contributed by atoms with Crippen LogP contribution in [0.4, 0.5) is 19.0 Å². The molecule has 1 aromatic carbocycles. The number of amides is 1. The standard InChI is InChI=1S/C18H14F3N5O/c1-11-10-14(23-17(22-11)18(19,20)21)16(27)26(2)15-9-8-13(24-25-15)12-6-4-3-5-7-12/h3-10H,1-2H3. The van der Waals surface area contributed by atoms with E-state index in [1.807, 2.05) is 30.3 Å². The van der Waals surface area contributed by atoms with E-state index in [-0.39, 0.29) is 17.2 Å². The maximum atomic E-state index is 12.9. The fourth-order valence-corrected chi connectivity index (χ4v) is 2.35. The molecule has 6 nitrogen and oxygen atoms in total. The molecular weight excluding hydrogens is 359 g/mol. The van der Waals surface area contributed by atoms with E-state index in [2.05, 4.69) is 20.2 Å². The highest BCUT2D eigenvalue weighted by Gasteiger charge is 2.36. The van der Waals surface area contributed by atoms with Crippen LogP contribution in [0.2, 0.25) is 0 Å². The molecular formula is C18H14F3N5O. The molecule has 0 saturated carbocycles. The van der Waals surface area contributed by atoms with Gasteiger partial charge in [0.2, 0.25) is 5.82 Å². The maximum absolute atomic E-state index is 12.9. The highest BCUT2D eigenvalue weighted by molar-refractivity contribution is 6.03. The summed E-state index contributed by atoms with van der Waals surface area (Å²) in [4.78, 5) is 20.3. The smallest absolute Gasteiger partial charge is 0.293 e. The lowest BCUT2D eigenvalue weighted by molar-refractivity contribution is -0.145. The van der Waals surface area contributed by atoms with E-state index in [0.717, 1.165) is 10.5 Å². The Bertz CT molecular complexity index is 959. The topological polar surface area (TPSA) is 71.9 Å². The van der Waals surface area contributed by atoms with E-state index < -0.39 is 17.9 Å². The average molecular weight is 373 g/mol. The summed E-state index contributed by atoms with van der Waals surface area (Å²) >= 11 is 0. The first-order chi connectivity index (χ1) is 12.8. The normalized spacial score (nSPS) is 11.3. The Morgan fingerprint density at radius 2 is 1.70 bits per heavy atom. The second-order valence-electron chi connectivity index (χ2n) is 5.72. The third-order valence-corrected chi connectivity index (χ3v) is 3.70. The number of rotatable bonds is 3. The van der Waals surface area contributed by atoms with Gasteiger partial charge in [-0.3, -0.25) is 9.69 Å². The monoisotopic (exact) mass is 373 g/mol. The molecule has 138 valence electrons. The van der Waals surface area contributed by atoms with Gasteiger partial charge < -0.3 is 0 Å². The number of carbonyl (C=O) groups excluding carboxylic acids is 1. The predicted octanol–water partition coefficient (Wildman–Crippen LogP) is 3.54. The first kappa shape index (κ1) is 18.4. The molecule has 0 spiro atoms. The van der Waals surface area contributed by atoms with Crippen molar-refractivity contribution in [1.29, 1.82) is 0 Å². The van der Waals surface area contributed by atoms with Crippen LogP contribution in [-0.4, -0.2) is 33.1 Å². The lowest BCUT2D eigenvalue weighted by Crippen LogP contribution is -2.29. The first-order valence-electron chi connectivity index (χ1n) is 7.86. The van der Waals surface area contributed by atoms with Crippen molar-refractivity contribution in [3.05, 3.63) is 65.7 Å². The van der Waals surface area contributed by atoms with Gasteiger partial charge in [-0.25, -0.2) is 9.97 Å². The minimum Gasteiger partial charge on any atom is -0.293 e. The summed E-state index contributed by atoms with van der Waals surface area (Å²) in [7, 11) is 1.39. The molecule has 0 atom stereocenters. The Hall–Kier alpha value is -3.36. The van der Waals surface area contributed by atoms with E-state index in [0.29, 0.717) is 5.69 Å². The predicted molar refractivity (Wildman–Crippen MR) is 92.0 cm³/mol. The number of nitrogens with zero attached hydrogens (tertiary/aromatic N) is 5. The summed E-state index contributed by atoms with van der Waals surface area (Å²) in [6.45, 7) is 1.36. The van der Waals surface area contributed by atoms with Crippen molar-refractivity contribution in [1.82, 2.24) is 20.2 Å². The van der Waals surface area contributed by atoms with Crippen LogP contribution in [0.5, 0.6) is 0 Å². The van der Waals surface area contributed by atoms with Crippen molar-refractivity contribution < 1.29 is 18.0 Å². The first-order valence-corrected chi connectivity index (χ1v) is 7.86. The summed E-state index contributed by atoms with van der Waals surface area (Å²) in [6.07, 6.45) is -4.74. The van der Waals surface area contributed by atoms with E-state index in [1.54, 1.807) is 12.1 Å². The molecule has 0 aliphatic heterocycles. The van der Waals surface area contributed by atoms with Crippen LogP contribution >= 0.6 is 0 Å². The Morgan fingerprint density at radius 1 is 1.00 bits per heavy atom. The molecule has 0 saturated heterocycles. The zero-order chi connectivity index (χ0) is 19.6. The Balaban J connectivity index is 1.87. The number of carbonyl (C=O) groups is 1. The summed E-state index contributed by atoms with van der Waals surface area (Å²) in [5.41, 5.74) is 1.13. The van der Waals surface area contributed by atoms with Gasteiger partial charge >= 0.3 is 6.18 Å². The number of hydrogen-bond donors (Lipinski definition) is 0. The van der Waals surface area contributed by atoms with Gasteiger partial charge in [0.15, 0.2) is 5.82 Å². The molecule has 0 bridgehead atoms. The summed E-state index contributed by atoms with van der Waals surface area (Å²) < 4.78 is 38.6. The van der Waals surface area contributed by atoms with Crippen molar-refractivity contribution in [3.63, 3.8) is 0 Å². The van der Waals surface area contributed by atoms with Gasteiger partial charge in [0.25, 0.3) is 5.91 Å². The fraction of sp³-hybridized carbons (Fsp3) is 0.167. The van der Waals surface area contributed by atoms with E-state index >= 15 is 0 Å². The largest absolute Gasteiger partial charge is 0.451 e. The third kappa shape index (κ3) is 4.08. The second-order valence-corrected chi connectivity index (χ2v) is 5.72. The highest BCUT2D eigenvalue weighted by Crippen LogP contribution is 2.26. The summed E-state index contributed by atoms with van der Waals surface area (Å²) in [5.74, 6) is -1.91. The zero-order valence-corrected chi connectivity index (χ0v) is 14.4. The van der Waals surface area contributed by atoms with Crippen LogP contribution in [-0.2, 0) is 6.18 Å². The van der Waals surface area contributed by atoms with Crippen LogP contribution in [0.1, 0.15) is 22.0 Å². The van der Waals surface area contributed by atoms with E-state index in [1.165, 1.54) is 20.0 Å². The highest BCUT2D eigenvalue weighted by atomic mass is 19.4. The quantitative estimate of drug-likeness (QED) is 0.702. The molecule has 1 amide bonds. The second kappa shape index (κ2) is 7.10. The van der Waals surface area contributed by atoms with Gasteiger partial charge in [-0.1, -0.05) is 30.3 Å². The number of halogens is 3. The molecule has 3 aromatic rings. The van der Waals surface area contributed by atoms with Crippen molar-refractivity contribution in [2.45, 2.75) is 13.1 Å². The molecule has 0 fully saturated rings. The van der Waals surface area contributed by atoms with E-state index in [4.69, 9.17) is 0 Å². The molecule has 2 heterocycles. The number of alkyl halides is 3. The Morgan fingerprint density at radius 3 is 2.30 bits per heavy atom. The van der Waals surface area contributed by atoms with Gasteiger partial charge in [-0.05, 0) is 25.1 Å². The minimum absolute atomic E-state index is 0.0413. The van der Waals surface area contributed by atoms with Gasteiger partial charge in [0, 0.05) is 18.3 Å². The molecule has 2 aromatic heterocycles. The summed E-state index contributed by atoms with van der Waals surface area (Å²) in [5, 5.41) is 8.05. The number of aryl methyl sites for hydroxylation is 1. The molecule has 0 aliphatic rings. The van der Waals surface area contributed by atoms with Crippen LogP contribution in [0.15, 0.2) is 48.5 Å². The molecule has 27 heavy (non-hydrogen) atoms. The van der Waals surface area contributed by atoms with Crippen molar-refractivity contribution >= 4 is 11.7 Å². The SMILES string of the molecule is Cc1cc(C(=O)N(C)c2ccc(-c3ccccc3)nn2)nc(C(F)(F)F)n1. The van der Waals surface area contributed by atoms with Gasteiger partial charge in [-0.15, -0.1) is 10.2 Å². The summed E-state index contributed by atoms with van der Waals surface area (Å²) in [6, 6.07) is 13.7. The lowest BCUT2D eigenvalue weighted by atomic mass is 10.1. The minimum atomic E-state index is -4.74. The van der Waals surface area contributed by atoms with Crippen molar-refractivity contribution in [2.24, 2.45) is 0 Å². The molecule has 0 radical (unpaired) electrons. The fourth-order valence-electron chi connectivity index (χ4n) is 2.35. The van der Waals surface area contributed by atoms with Crippen LogP contribution in [0, 0.1) is 6.92 Å². The van der Waals surface area contributed by atoms with Crippen LogP contribution in [0.25, 0.3) is 11.3 Å². The third-order valence-electron chi connectivity index (χ3n) is 3.70. The van der Waals surface area contributed by atoms with Gasteiger partial charge in [0.1, 0.15) is 5.69 Å². The number of anilines is 1. The van der Waals surface area contributed by atoms with Crippen LogP contribution in [0.3, 0.4) is 0 Å². The molecule has 0 N–H and O–H groups in total. The number of aromatic nitrogens is 4. The van der Waals surface area contributed by atoms with Crippen molar-refractivity contribution in [2.75, 3.05) is 11.9 Å². The average Bonchev–Trinajstić information content (AvgIpc) is 2.66. The Kier molecular flexibility index (Phi) is 4.85. The van der Waals surface area contributed by atoms with E-state index in [9.17, 15) is 18.0 Å².